The summed E-state index contributed by atoms with van der Waals surface area (Å²) in [4.78, 5) is 14.2. The fourth-order valence-electron chi connectivity index (χ4n) is 2.97. The van der Waals surface area contributed by atoms with E-state index in [1.54, 1.807) is 0 Å². The molecule has 0 aromatic carbocycles. The Morgan fingerprint density at radius 2 is 1.80 bits per heavy atom. The van der Waals surface area contributed by atoms with Crippen molar-refractivity contribution in [3.05, 3.63) is 0 Å². The molecule has 5 heteroatoms. The van der Waals surface area contributed by atoms with Gasteiger partial charge in [-0.3, -0.25) is 9.69 Å². The van der Waals surface area contributed by atoms with Crippen molar-refractivity contribution in [1.29, 1.82) is 0 Å². The molecule has 2 N–H and O–H groups in total. The third-order valence-corrected chi connectivity index (χ3v) is 4.21. The first kappa shape index (κ1) is 15.7. The van der Waals surface area contributed by atoms with Gasteiger partial charge >= 0.3 is 0 Å². The molecule has 0 aromatic heterocycles. The molecule has 0 radical (unpaired) electrons. The molecule has 1 saturated heterocycles. The fraction of sp³-hybridized carbons (Fsp3) is 0.933. The lowest BCUT2D eigenvalue weighted by Crippen LogP contribution is -2.44. The van der Waals surface area contributed by atoms with E-state index in [1.807, 2.05) is 0 Å². The van der Waals surface area contributed by atoms with Gasteiger partial charge in [-0.25, -0.2) is 0 Å². The Kier molecular flexibility index (Phi) is 7.33. The molecule has 1 aliphatic heterocycles. The van der Waals surface area contributed by atoms with Gasteiger partial charge in [-0.2, -0.15) is 0 Å². The number of carbonyl (C=O) groups is 1. The van der Waals surface area contributed by atoms with Gasteiger partial charge in [0.2, 0.25) is 5.91 Å². The first-order chi connectivity index (χ1) is 9.84. The van der Waals surface area contributed by atoms with Crippen LogP contribution < -0.4 is 10.6 Å². The van der Waals surface area contributed by atoms with E-state index in [2.05, 4.69) is 15.5 Å². The summed E-state index contributed by atoms with van der Waals surface area (Å²) in [6.45, 7) is 6.01. The molecule has 2 rings (SSSR count). The van der Waals surface area contributed by atoms with Gasteiger partial charge in [0.25, 0.3) is 0 Å². The van der Waals surface area contributed by atoms with Crippen molar-refractivity contribution in [1.82, 2.24) is 15.5 Å². The highest BCUT2D eigenvalue weighted by Gasteiger charge is 2.14. The molecule has 5 nitrogen and oxygen atoms in total. The summed E-state index contributed by atoms with van der Waals surface area (Å²) in [7, 11) is 0. The summed E-state index contributed by atoms with van der Waals surface area (Å²) in [5.41, 5.74) is 0. The minimum Gasteiger partial charge on any atom is -0.379 e. The van der Waals surface area contributed by atoms with E-state index in [4.69, 9.17) is 4.74 Å². The van der Waals surface area contributed by atoms with Crippen LogP contribution >= 0.6 is 0 Å². The number of nitrogens with one attached hydrogen (secondary N) is 2. The van der Waals surface area contributed by atoms with Crippen molar-refractivity contribution in [2.24, 2.45) is 0 Å². The van der Waals surface area contributed by atoms with Crippen LogP contribution in [0.15, 0.2) is 0 Å². The van der Waals surface area contributed by atoms with Crippen LogP contribution in [0.3, 0.4) is 0 Å². The maximum atomic E-state index is 11.9. The van der Waals surface area contributed by atoms with Crippen molar-refractivity contribution < 1.29 is 9.53 Å². The number of hydrogen-bond donors (Lipinski definition) is 2. The highest BCUT2D eigenvalue weighted by atomic mass is 16.5. The average Bonchev–Trinajstić information content (AvgIpc) is 2.73. The first-order valence-corrected chi connectivity index (χ1v) is 8.15. The van der Waals surface area contributed by atoms with Crippen molar-refractivity contribution >= 4 is 5.91 Å². The standard InChI is InChI=1S/C15H29N3O2/c19-15(17-14-5-3-1-2-4-6-14)13-16-7-8-18-9-11-20-12-10-18/h14,16H,1-13H2,(H,17,19). The Hall–Kier alpha value is -0.650. The molecule has 0 bridgehead atoms. The van der Waals surface area contributed by atoms with Crippen molar-refractivity contribution in [3.63, 3.8) is 0 Å². The van der Waals surface area contributed by atoms with Gasteiger partial charge in [-0.15, -0.1) is 0 Å². The van der Waals surface area contributed by atoms with E-state index in [0.717, 1.165) is 52.2 Å². The van der Waals surface area contributed by atoms with Gasteiger partial charge < -0.3 is 15.4 Å². The topological polar surface area (TPSA) is 53.6 Å². The zero-order valence-corrected chi connectivity index (χ0v) is 12.5. The second-order valence-electron chi connectivity index (χ2n) is 5.89. The number of rotatable bonds is 6. The molecular formula is C15H29N3O2. The molecule has 1 amide bonds. The van der Waals surface area contributed by atoms with E-state index < -0.39 is 0 Å². The molecule has 0 atom stereocenters. The quantitative estimate of drug-likeness (QED) is 0.558. The third kappa shape index (κ3) is 6.20. The molecule has 1 aliphatic carbocycles. The molecule has 2 aliphatic rings. The number of morpholine rings is 1. The Bertz CT molecular complexity index is 272. The predicted octanol–water partition coefficient (Wildman–Crippen LogP) is 0.747. The second-order valence-corrected chi connectivity index (χ2v) is 5.89. The normalized spacial score (nSPS) is 22.4. The van der Waals surface area contributed by atoms with Crippen LogP contribution in [0.4, 0.5) is 0 Å². The minimum absolute atomic E-state index is 0.152. The lowest BCUT2D eigenvalue weighted by Gasteiger charge is -2.26. The van der Waals surface area contributed by atoms with E-state index in [-0.39, 0.29) is 5.91 Å². The Morgan fingerprint density at radius 1 is 1.10 bits per heavy atom. The summed E-state index contributed by atoms with van der Waals surface area (Å²) in [5.74, 6) is 0.152. The maximum Gasteiger partial charge on any atom is 0.234 e. The van der Waals surface area contributed by atoms with Crippen LogP contribution in [-0.2, 0) is 9.53 Å². The number of carbonyl (C=O) groups excluding carboxylic acids is 1. The second kappa shape index (κ2) is 9.32. The number of amides is 1. The molecular weight excluding hydrogens is 254 g/mol. The van der Waals surface area contributed by atoms with Crippen LogP contribution in [0.1, 0.15) is 38.5 Å². The van der Waals surface area contributed by atoms with Gasteiger partial charge in [0.15, 0.2) is 0 Å². The summed E-state index contributed by atoms with van der Waals surface area (Å²) in [5, 5.41) is 6.41. The van der Waals surface area contributed by atoms with E-state index >= 15 is 0 Å². The van der Waals surface area contributed by atoms with E-state index in [1.165, 1.54) is 25.7 Å². The Morgan fingerprint density at radius 3 is 2.50 bits per heavy atom. The van der Waals surface area contributed by atoms with Crippen LogP contribution in [0.2, 0.25) is 0 Å². The molecule has 0 spiro atoms. The highest BCUT2D eigenvalue weighted by molar-refractivity contribution is 5.78. The molecule has 1 saturated carbocycles. The molecule has 1 heterocycles. The smallest absolute Gasteiger partial charge is 0.234 e. The zero-order valence-electron chi connectivity index (χ0n) is 12.5. The summed E-state index contributed by atoms with van der Waals surface area (Å²) in [6.07, 6.45) is 7.47. The lowest BCUT2D eigenvalue weighted by atomic mass is 10.1. The van der Waals surface area contributed by atoms with Crippen molar-refractivity contribution in [3.8, 4) is 0 Å². The van der Waals surface area contributed by atoms with Crippen LogP contribution in [-0.4, -0.2) is 62.8 Å². The summed E-state index contributed by atoms with van der Waals surface area (Å²) < 4.78 is 5.31. The van der Waals surface area contributed by atoms with Crippen molar-refractivity contribution in [2.75, 3.05) is 45.9 Å². The number of ether oxygens (including phenoxy) is 1. The summed E-state index contributed by atoms with van der Waals surface area (Å²) in [6, 6.07) is 0.408. The molecule has 2 fully saturated rings. The largest absolute Gasteiger partial charge is 0.379 e. The average molecular weight is 283 g/mol. The van der Waals surface area contributed by atoms with Crippen LogP contribution in [0.25, 0.3) is 0 Å². The maximum absolute atomic E-state index is 11.9. The summed E-state index contributed by atoms with van der Waals surface area (Å²) >= 11 is 0. The lowest BCUT2D eigenvalue weighted by molar-refractivity contribution is -0.121. The monoisotopic (exact) mass is 283 g/mol. The molecule has 20 heavy (non-hydrogen) atoms. The number of nitrogens with zero attached hydrogens (tertiary/aromatic N) is 1. The fourth-order valence-corrected chi connectivity index (χ4v) is 2.97. The van der Waals surface area contributed by atoms with Gasteiger partial charge in [-0.1, -0.05) is 25.7 Å². The minimum atomic E-state index is 0.152. The van der Waals surface area contributed by atoms with Crippen molar-refractivity contribution in [2.45, 2.75) is 44.6 Å². The zero-order chi connectivity index (χ0) is 14.0. The molecule has 0 unspecified atom stereocenters. The van der Waals surface area contributed by atoms with E-state index in [9.17, 15) is 4.79 Å². The predicted molar refractivity (Wildman–Crippen MR) is 79.8 cm³/mol. The van der Waals surface area contributed by atoms with E-state index in [0.29, 0.717) is 12.6 Å². The Labute approximate surface area is 122 Å². The first-order valence-electron chi connectivity index (χ1n) is 8.15. The van der Waals surface area contributed by atoms with Gasteiger partial charge in [0.05, 0.1) is 19.8 Å². The van der Waals surface area contributed by atoms with Gasteiger partial charge in [-0.05, 0) is 12.8 Å². The van der Waals surface area contributed by atoms with Gasteiger partial charge in [0.1, 0.15) is 0 Å². The number of hydrogen-bond acceptors (Lipinski definition) is 4. The Balaban J connectivity index is 1.50. The SMILES string of the molecule is O=C(CNCCN1CCOCC1)NC1CCCCCC1. The van der Waals surface area contributed by atoms with Crippen LogP contribution in [0.5, 0.6) is 0 Å². The third-order valence-electron chi connectivity index (χ3n) is 4.21. The van der Waals surface area contributed by atoms with Crippen LogP contribution in [0, 0.1) is 0 Å². The molecule has 116 valence electrons. The highest BCUT2D eigenvalue weighted by Crippen LogP contribution is 2.16. The molecule has 0 aromatic rings. The van der Waals surface area contributed by atoms with Gasteiger partial charge in [0, 0.05) is 32.2 Å².